The number of benzene rings is 2. The van der Waals surface area contributed by atoms with Crippen molar-refractivity contribution < 1.29 is 27.5 Å². The second-order valence-electron chi connectivity index (χ2n) is 11.3. The molecule has 2 fully saturated rings. The maximum Gasteiger partial charge on any atom is 0.416 e. The highest BCUT2D eigenvalue weighted by Gasteiger charge is 2.34. The summed E-state index contributed by atoms with van der Waals surface area (Å²) < 4.78 is 48.1. The molecule has 2 saturated heterocycles. The molecule has 13 heteroatoms. The van der Waals surface area contributed by atoms with E-state index < -0.39 is 17.6 Å². The molecule has 2 amide bonds. The number of ether oxygens (including phenoxy) is 1. The van der Waals surface area contributed by atoms with Crippen LogP contribution < -0.4 is 15.4 Å². The second kappa shape index (κ2) is 13.7. The third-order valence-corrected chi connectivity index (χ3v) is 7.97. The molecule has 2 aromatic carbocycles. The molecule has 1 unspecified atom stereocenters. The fourth-order valence-corrected chi connectivity index (χ4v) is 5.33. The Hall–Kier alpha value is -4.49. The molecule has 0 spiro atoms. The number of nitrogens with one attached hydrogen (secondary N) is 2. The number of anilines is 2. The van der Waals surface area contributed by atoms with Gasteiger partial charge in [-0.15, -0.1) is 0 Å². The minimum atomic E-state index is -4.57. The van der Waals surface area contributed by atoms with Crippen LogP contribution in [0.3, 0.4) is 0 Å². The van der Waals surface area contributed by atoms with Crippen LogP contribution >= 0.6 is 0 Å². The van der Waals surface area contributed by atoms with Crippen LogP contribution in [-0.4, -0.2) is 88.8 Å². The van der Waals surface area contributed by atoms with Gasteiger partial charge in [-0.05, 0) is 61.9 Å². The number of likely N-dealkylation sites (N-methyl/N-ethyl adjacent to an activating group) is 1. The Bertz CT molecular complexity index is 1560. The van der Waals surface area contributed by atoms with E-state index >= 15 is 0 Å². The molecule has 2 aliphatic rings. The fraction of sp³-hybridized carbons (Fsp3) is 0.375. The second-order valence-corrected chi connectivity index (χ2v) is 11.3. The molecule has 3 heterocycles. The monoisotopic (exact) mass is 623 g/mol. The Kier molecular flexibility index (Phi) is 9.68. The minimum Gasteiger partial charge on any atom is -0.439 e. The van der Waals surface area contributed by atoms with Gasteiger partial charge in [0.15, 0.2) is 0 Å². The van der Waals surface area contributed by atoms with Crippen LogP contribution in [0.2, 0.25) is 0 Å². The molecule has 1 atom stereocenters. The van der Waals surface area contributed by atoms with Gasteiger partial charge in [-0.3, -0.25) is 14.5 Å². The predicted molar refractivity (Wildman–Crippen MR) is 164 cm³/mol. The first-order chi connectivity index (χ1) is 21.5. The first-order valence-corrected chi connectivity index (χ1v) is 14.7. The van der Waals surface area contributed by atoms with Crippen molar-refractivity contribution >= 4 is 23.5 Å². The van der Waals surface area contributed by atoms with E-state index in [2.05, 4.69) is 32.1 Å². The van der Waals surface area contributed by atoms with Gasteiger partial charge in [0.2, 0.25) is 17.7 Å². The number of aryl methyl sites for hydroxylation is 1. The quantitative estimate of drug-likeness (QED) is 0.328. The molecule has 238 valence electrons. The molecule has 45 heavy (non-hydrogen) atoms. The van der Waals surface area contributed by atoms with Gasteiger partial charge in [0.25, 0.3) is 5.91 Å². The van der Waals surface area contributed by atoms with E-state index in [9.17, 15) is 22.8 Å². The number of alkyl halides is 3. The normalized spacial score (nSPS) is 17.6. The summed E-state index contributed by atoms with van der Waals surface area (Å²) in [6, 6.07) is 10.2. The molecular formula is C32H36F3N7O3. The Morgan fingerprint density at radius 2 is 1.87 bits per heavy atom. The molecule has 0 bridgehead atoms. The summed E-state index contributed by atoms with van der Waals surface area (Å²) in [4.78, 5) is 39.5. The topological polar surface area (TPSA) is 103 Å². The minimum absolute atomic E-state index is 0.0309. The Balaban J connectivity index is 1.26. The Labute approximate surface area is 259 Å². The van der Waals surface area contributed by atoms with Gasteiger partial charge in [0.1, 0.15) is 5.75 Å². The lowest BCUT2D eigenvalue weighted by molar-refractivity contribution is -0.138. The molecule has 2 N–H and O–H groups in total. The highest BCUT2D eigenvalue weighted by molar-refractivity contribution is 6.04. The molecule has 5 rings (SSSR count). The molecule has 1 aromatic heterocycles. The Morgan fingerprint density at radius 3 is 2.60 bits per heavy atom. The van der Waals surface area contributed by atoms with Gasteiger partial charge < -0.3 is 25.2 Å². The summed E-state index contributed by atoms with van der Waals surface area (Å²) in [6.07, 6.45) is -1.02. The van der Waals surface area contributed by atoms with Crippen molar-refractivity contribution in [3.8, 4) is 11.6 Å². The molecular weight excluding hydrogens is 587 g/mol. The van der Waals surface area contributed by atoms with Gasteiger partial charge in [0, 0.05) is 75.4 Å². The Morgan fingerprint density at radius 1 is 1.09 bits per heavy atom. The number of aromatic nitrogens is 2. The number of carbonyl (C=O) groups excluding carboxylic acids is 2. The first-order valence-electron chi connectivity index (χ1n) is 14.7. The number of nitrogens with zero attached hydrogens (tertiary/aromatic N) is 5. The third kappa shape index (κ3) is 8.17. The van der Waals surface area contributed by atoms with Crippen LogP contribution in [0.25, 0.3) is 0 Å². The molecule has 10 nitrogen and oxygen atoms in total. The number of hydrogen-bond acceptors (Lipinski definition) is 8. The van der Waals surface area contributed by atoms with E-state index in [0.29, 0.717) is 37.9 Å². The van der Waals surface area contributed by atoms with Crippen molar-refractivity contribution in [1.82, 2.24) is 24.7 Å². The molecule has 0 radical (unpaired) electrons. The zero-order chi connectivity index (χ0) is 32.1. The van der Waals surface area contributed by atoms with E-state index in [-0.39, 0.29) is 41.2 Å². The van der Waals surface area contributed by atoms with Gasteiger partial charge in [-0.1, -0.05) is 18.7 Å². The summed E-state index contributed by atoms with van der Waals surface area (Å²) in [7, 11) is 1.99. The average Bonchev–Trinajstić information content (AvgIpc) is 3.48. The van der Waals surface area contributed by atoms with E-state index in [1.165, 1.54) is 30.5 Å². The van der Waals surface area contributed by atoms with Gasteiger partial charge in [-0.2, -0.15) is 18.2 Å². The first kappa shape index (κ1) is 31.9. The number of halogens is 3. The van der Waals surface area contributed by atoms with E-state index in [0.717, 1.165) is 31.1 Å². The van der Waals surface area contributed by atoms with Gasteiger partial charge in [-0.25, -0.2) is 4.98 Å². The number of hydrogen-bond donors (Lipinski definition) is 2. The van der Waals surface area contributed by atoms with E-state index in [4.69, 9.17) is 4.74 Å². The van der Waals surface area contributed by atoms with Crippen molar-refractivity contribution in [3.05, 3.63) is 83.6 Å². The lowest BCUT2D eigenvalue weighted by Gasteiger charge is -2.33. The lowest BCUT2D eigenvalue weighted by Crippen LogP contribution is -2.44. The van der Waals surface area contributed by atoms with Crippen molar-refractivity contribution in [3.63, 3.8) is 0 Å². The largest absolute Gasteiger partial charge is 0.439 e. The molecule has 3 aromatic rings. The third-order valence-electron chi connectivity index (χ3n) is 7.97. The predicted octanol–water partition coefficient (Wildman–Crippen LogP) is 4.79. The highest BCUT2D eigenvalue weighted by Crippen LogP contribution is 2.35. The van der Waals surface area contributed by atoms with Gasteiger partial charge in [0.05, 0.1) is 5.56 Å². The van der Waals surface area contributed by atoms with Gasteiger partial charge >= 0.3 is 6.18 Å². The SMILES string of the molecule is C=CC(=O)N1CCC(Nc2nccc(Oc3cc(C(=O)Nc4ccc(CN5CCN(C)CC5)c(C(F)(F)F)c4)ccc3C)n2)C1. The smallest absolute Gasteiger partial charge is 0.416 e. The van der Waals surface area contributed by atoms with Crippen LogP contribution in [0.5, 0.6) is 11.6 Å². The average molecular weight is 624 g/mol. The number of carbonyl (C=O) groups is 2. The number of likely N-dealkylation sites (tertiary alicyclic amines) is 1. The molecule has 0 aliphatic carbocycles. The van der Waals surface area contributed by atoms with Crippen molar-refractivity contribution in [2.24, 2.45) is 0 Å². The highest BCUT2D eigenvalue weighted by atomic mass is 19.4. The fourth-order valence-electron chi connectivity index (χ4n) is 5.33. The van der Waals surface area contributed by atoms with Crippen molar-refractivity contribution in [2.45, 2.75) is 32.1 Å². The molecule has 2 aliphatic heterocycles. The lowest BCUT2D eigenvalue weighted by atomic mass is 10.0. The summed E-state index contributed by atoms with van der Waals surface area (Å²) in [5.41, 5.74) is 0.380. The standard InChI is InChI=1S/C32H36F3N7O3/c1-4-29(43)42-12-10-25(20-42)38-31-36-11-9-28(39-31)45-27-17-22(6-5-21(27)2)30(44)37-24-8-7-23(26(18-24)32(33,34)35)19-41-15-13-40(3)14-16-41/h4-9,11,17-18,25H,1,10,12-16,19-20H2,2-3H3,(H,37,44)(H,36,38,39). The van der Waals surface area contributed by atoms with Crippen LogP contribution in [0, 0.1) is 6.92 Å². The van der Waals surface area contributed by atoms with Crippen molar-refractivity contribution in [1.29, 1.82) is 0 Å². The summed E-state index contributed by atoms with van der Waals surface area (Å²) in [5.74, 6) is 0.208. The molecule has 0 saturated carbocycles. The van der Waals surface area contributed by atoms with Crippen LogP contribution in [0.4, 0.5) is 24.8 Å². The summed E-state index contributed by atoms with van der Waals surface area (Å²) >= 11 is 0. The van der Waals surface area contributed by atoms with Crippen LogP contribution in [-0.2, 0) is 17.5 Å². The van der Waals surface area contributed by atoms with Crippen LogP contribution in [0.15, 0.2) is 61.3 Å². The maximum absolute atomic E-state index is 14.0. The summed E-state index contributed by atoms with van der Waals surface area (Å²) in [6.45, 7) is 9.58. The summed E-state index contributed by atoms with van der Waals surface area (Å²) in [5, 5.41) is 5.81. The number of rotatable bonds is 9. The zero-order valence-electron chi connectivity index (χ0n) is 25.2. The zero-order valence-corrected chi connectivity index (χ0v) is 25.2. The number of amides is 2. The van der Waals surface area contributed by atoms with E-state index in [1.54, 1.807) is 30.0 Å². The number of piperazine rings is 1. The van der Waals surface area contributed by atoms with Crippen LogP contribution in [0.1, 0.15) is 33.5 Å². The van der Waals surface area contributed by atoms with E-state index in [1.807, 2.05) is 11.9 Å². The maximum atomic E-state index is 14.0. The van der Waals surface area contributed by atoms with Crippen molar-refractivity contribution in [2.75, 3.05) is 56.9 Å².